The Morgan fingerprint density at radius 1 is 1.03 bits per heavy atom. The minimum absolute atomic E-state index is 0.217. The van der Waals surface area contributed by atoms with Crippen LogP contribution in [0.25, 0.3) is 33.3 Å². The fraction of sp³-hybridized carbons (Fsp3) is 0.286. The van der Waals surface area contributed by atoms with E-state index < -0.39 is 0 Å². The normalized spacial score (nSPS) is 14.1. The number of fused-ring (bicyclic) bond motifs is 2. The van der Waals surface area contributed by atoms with Crippen LogP contribution in [0.3, 0.4) is 0 Å². The largest absolute Gasteiger partial charge is 0.378 e. The first-order valence-electron chi connectivity index (χ1n) is 12.6. The molecule has 188 valence electrons. The molecule has 2 aromatic carbocycles. The van der Waals surface area contributed by atoms with Gasteiger partial charge in [0.15, 0.2) is 0 Å². The third kappa shape index (κ3) is 4.53. The number of pyridine rings is 1. The molecule has 1 aliphatic rings. The predicted molar refractivity (Wildman–Crippen MR) is 146 cm³/mol. The van der Waals surface area contributed by atoms with E-state index in [0.717, 1.165) is 59.6 Å². The lowest BCUT2D eigenvalue weighted by atomic mass is 10.1. The smallest absolute Gasteiger partial charge is 0.261 e. The van der Waals surface area contributed by atoms with Gasteiger partial charge >= 0.3 is 0 Å². The second-order valence-corrected chi connectivity index (χ2v) is 9.54. The molecule has 1 aliphatic heterocycles. The summed E-state index contributed by atoms with van der Waals surface area (Å²) >= 11 is 0. The fourth-order valence-corrected chi connectivity index (χ4v) is 4.78. The second-order valence-electron chi connectivity index (χ2n) is 9.54. The number of nitrogens with zero attached hydrogens (tertiary/aromatic N) is 4. The van der Waals surface area contributed by atoms with Gasteiger partial charge in [-0.15, -0.1) is 0 Å². The molecule has 6 rings (SSSR count). The molecular formula is C28H29N7O2. The summed E-state index contributed by atoms with van der Waals surface area (Å²) in [4.78, 5) is 36.0. The number of rotatable bonds is 6. The van der Waals surface area contributed by atoms with Crippen LogP contribution in [0, 0.1) is 0 Å². The van der Waals surface area contributed by atoms with E-state index in [0.29, 0.717) is 35.4 Å². The van der Waals surface area contributed by atoms with Crippen molar-refractivity contribution in [3.05, 3.63) is 76.6 Å². The molecular weight excluding hydrogens is 466 g/mol. The number of anilines is 2. The third-order valence-corrected chi connectivity index (χ3v) is 6.74. The van der Waals surface area contributed by atoms with E-state index in [1.54, 1.807) is 6.20 Å². The summed E-state index contributed by atoms with van der Waals surface area (Å²) in [6.45, 7) is 7.73. The number of hydrogen-bond donors (Lipinski definition) is 3. The molecule has 4 heterocycles. The maximum Gasteiger partial charge on any atom is 0.261 e. The molecule has 1 saturated heterocycles. The van der Waals surface area contributed by atoms with Crippen LogP contribution < -0.4 is 15.8 Å². The van der Waals surface area contributed by atoms with Crippen LogP contribution in [0.15, 0.2) is 59.5 Å². The Balaban J connectivity index is 1.42. The van der Waals surface area contributed by atoms with Crippen LogP contribution >= 0.6 is 0 Å². The van der Waals surface area contributed by atoms with Gasteiger partial charge in [-0.3, -0.25) is 4.79 Å². The zero-order chi connectivity index (χ0) is 25.4. The summed E-state index contributed by atoms with van der Waals surface area (Å²) in [5, 5.41) is 4.35. The van der Waals surface area contributed by atoms with Gasteiger partial charge in [-0.25, -0.2) is 15.0 Å². The van der Waals surface area contributed by atoms with E-state index in [4.69, 9.17) is 9.72 Å². The highest BCUT2D eigenvalue weighted by Crippen LogP contribution is 2.32. The highest BCUT2D eigenvalue weighted by Gasteiger charge is 2.19. The molecule has 9 heteroatoms. The minimum atomic E-state index is -0.217. The molecule has 0 aliphatic carbocycles. The lowest BCUT2D eigenvalue weighted by Gasteiger charge is -2.28. The molecule has 0 unspecified atom stereocenters. The van der Waals surface area contributed by atoms with Crippen molar-refractivity contribution in [2.24, 2.45) is 0 Å². The van der Waals surface area contributed by atoms with Crippen molar-refractivity contribution in [2.45, 2.75) is 26.3 Å². The van der Waals surface area contributed by atoms with Crippen LogP contribution in [0.4, 0.5) is 11.4 Å². The SMILES string of the molecule is CC(C)c1ccnc(CNc2c(-c3nc4ccc(N5CCOCC5)cc4[nH]3)c(=O)[nH]c3ccccc23)n1. The van der Waals surface area contributed by atoms with E-state index in [2.05, 4.69) is 56.1 Å². The number of benzene rings is 2. The molecule has 9 nitrogen and oxygen atoms in total. The lowest BCUT2D eigenvalue weighted by molar-refractivity contribution is 0.122. The molecule has 0 amide bonds. The summed E-state index contributed by atoms with van der Waals surface area (Å²) in [7, 11) is 0. The van der Waals surface area contributed by atoms with Crippen LogP contribution in [-0.2, 0) is 11.3 Å². The number of imidazole rings is 1. The monoisotopic (exact) mass is 495 g/mol. The van der Waals surface area contributed by atoms with Crippen molar-refractivity contribution in [3.63, 3.8) is 0 Å². The first-order chi connectivity index (χ1) is 18.1. The van der Waals surface area contributed by atoms with Crippen LogP contribution in [-0.4, -0.2) is 51.2 Å². The van der Waals surface area contributed by atoms with Gasteiger partial charge in [0.05, 0.1) is 42.0 Å². The number of morpholine rings is 1. The number of aromatic nitrogens is 5. The standard InChI is InChI=1S/C28H29N7O2/c1-17(2)20-9-10-29-24(31-20)16-30-26-19-5-3-4-6-21(19)34-28(36)25(26)27-32-22-8-7-18(15-23(22)33-27)35-11-13-37-14-12-35/h3-10,15,17H,11-14,16H2,1-2H3,(H,32,33)(H2,30,34,36). The second kappa shape index (κ2) is 9.67. The number of aromatic amines is 2. The Morgan fingerprint density at radius 2 is 1.86 bits per heavy atom. The molecule has 1 fully saturated rings. The number of para-hydroxylation sites is 1. The number of H-pyrrole nitrogens is 2. The maximum absolute atomic E-state index is 13.4. The quantitative estimate of drug-likeness (QED) is 0.319. The Morgan fingerprint density at radius 3 is 2.70 bits per heavy atom. The van der Waals surface area contributed by atoms with Gasteiger partial charge in [0.2, 0.25) is 0 Å². The zero-order valence-electron chi connectivity index (χ0n) is 20.9. The Labute approximate surface area is 213 Å². The van der Waals surface area contributed by atoms with E-state index in [-0.39, 0.29) is 5.56 Å². The van der Waals surface area contributed by atoms with Gasteiger partial charge in [0, 0.05) is 36.1 Å². The fourth-order valence-electron chi connectivity index (χ4n) is 4.78. The number of nitrogens with one attached hydrogen (secondary N) is 3. The van der Waals surface area contributed by atoms with E-state index in [1.165, 1.54) is 0 Å². The molecule has 3 aromatic heterocycles. The Bertz CT molecular complexity index is 1630. The van der Waals surface area contributed by atoms with Crippen molar-refractivity contribution >= 4 is 33.3 Å². The Kier molecular flexibility index (Phi) is 6.05. The van der Waals surface area contributed by atoms with Crippen molar-refractivity contribution in [1.29, 1.82) is 0 Å². The molecule has 3 N–H and O–H groups in total. The van der Waals surface area contributed by atoms with Crippen LogP contribution in [0.5, 0.6) is 0 Å². The van der Waals surface area contributed by atoms with E-state index in [9.17, 15) is 4.79 Å². The predicted octanol–water partition coefficient (Wildman–Crippen LogP) is 4.43. The summed E-state index contributed by atoms with van der Waals surface area (Å²) in [6, 6.07) is 15.8. The molecule has 0 spiro atoms. The zero-order valence-corrected chi connectivity index (χ0v) is 20.9. The molecule has 0 bridgehead atoms. The molecule has 0 radical (unpaired) electrons. The highest BCUT2D eigenvalue weighted by molar-refractivity contribution is 5.99. The Hall–Kier alpha value is -4.24. The summed E-state index contributed by atoms with van der Waals surface area (Å²) in [5.41, 5.74) is 5.47. The molecule has 0 atom stereocenters. The average Bonchev–Trinajstić information content (AvgIpc) is 3.35. The van der Waals surface area contributed by atoms with Crippen molar-refractivity contribution in [2.75, 3.05) is 36.5 Å². The summed E-state index contributed by atoms with van der Waals surface area (Å²) < 4.78 is 5.49. The van der Waals surface area contributed by atoms with E-state index in [1.807, 2.05) is 36.4 Å². The number of hydrogen-bond acceptors (Lipinski definition) is 7. The van der Waals surface area contributed by atoms with Crippen molar-refractivity contribution in [1.82, 2.24) is 24.9 Å². The van der Waals surface area contributed by atoms with Crippen LogP contribution in [0.2, 0.25) is 0 Å². The lowest BCUT2D eigenvalue weighted by Crippen LogP contribution is -2.36. The minimum Gasteiger partial charge on any atom is -0.378 e. The molecule has 37 heavy (non-hydrogen) atoms. The first-order valence-corrected chi connectivity index (χ1v) is 12.6. The maximum atomic E-state index is 13.4. The number of ether oxygens (including phenoxy) is 1. The average molecular weight is 496 g/mol. The summed E-state index contributed by atoms with van der Waals surface area (Å²) in [6.07, 6.45) is 1.78. The van der Waals surface area contributed by atoms with Crippen molar-refractivity contribution < 1.29 is 4.74 Å². The summed E-state index contributed by atoms with van der Waals surface area (Å²) in [5.74, 6) is 1.48. The van der Waals surface area contributed by atoms with E-state index >= 15 is 0 Å². The first kappa shape index (κ1) is 23.2. The topological polar surface area (TPSA) is 112 Å². The van der Waals surface area contributed by atoms with Gasteiger partial charge in [-0.05, 0) is 36.2 Å². The van der Waals surface area contributed by atoms with Gasteiger partial charge in [-0.1, -0.05) is 32.0 Å². The molecule has 0 saturated carbocycles. The van der Waals surface area contributed by atoms with Gasteiger partial charge in [0.25, 0.3) is 5.56 Å². The molecule has 5 aromatic rings. The highest BCUT2D eigenvalue weighted by atomic mass is 16.5. The van der Waals surface area contributed by atoms with Gasteiger partial charge < -0.3 is 24.9 Å². The van der Waals surface area contributed by atoms with Gasteiger partial charge in [-0.2, -0.15) is 0 Å². The third-order valence-electron chi connectivity index (χ3n) is 6.74. The van der Waals surface area contributed by atoms with Crippen molar-refractivity contribution in [3.8, 4) is 11.4 Å². The van der Waals surface area contributed by atoms with Gasteiger partial charge in [0.1, 0.15) is 17.2 Å². The van der Waals surface area contributed by atoms with Crippen LogP contribution in [0.1, 0.15) is 31.3 Å².